The van der Waals surface area contributed by atoms with E-state index in [9.17, 15) is 14.4 Å². The van der Waals surface area contributed by atoms with Gasteiger partial charge in [-0.05, 0) is 128 Å². The molecule has 8 aliphatic rings. The number of aliphatic imine (C=N–C) groups is 1. The summed E-state index contributed by atoms with van der Waals surface area (Å²) in [5.74, 6) is 1.59. The third-order valence-corrected chi connectivity index (χ3v) is 22.3. The summed E-state index contributed by atoms with van der Waals surface area (Å²) in [6.45, 7) is 34.1. The van der Waals surface area contributed by atoms with Crippen LogP contribution in [-0.4, -0.2) is 92.9 Å². The van der Waals surface area contributed by atoms with Gasteiger partial charge in [-0.25, -0.2) is 4.79 Å². The molecule has 0 amide bonds. The second kappa shape index (κ2) is 18.9. The summed E-state index contributed by atoms with van der Waals surface area (Å²) < 4.78 is 48.3. The highest BCUT2D eigenvalue weighted by Gasteiger charge is 2.71. The van der Waals surface area contributed by atoms with Gasteiger partial charge in [0.05, 0.1) is 36.4 Å². The minimum atomic E-state index is -1.00. The number of methoxy groups -OCH3 is 1. The molecule has 11 heteroatoms. The van der Waals surface area contributed by atoms with Gasteiger partial charge in [-0.1, -0.05) is 109 Å². The quantitative estimate of drug-likeness (QED) is 0.0649. The minimum absolute atomic E-state index is 0.0242. The molecule has 8 rings (SSSR count). The first-order valence-electron chi connectivity index (χ1n) is 27.1. The molecule has 24 atom stereocenters. The topological polar surface area (TPSA) is 128 Å². The molecule has 384 valence electrons. The Morgan fingerprint density at radius 3 is 2.12 bits per heavy atom. The number of rotatable bonds is 11. The Bertz CT molecular complexity index is 1950. The molecule has 5 aliphatic carbocycles. The molecule has 4 saturated carbocycles. The second-order valence-electron chi connectivity index (χ2n) is 26.0. The van der Waals surface area contributed by atoms with Crippen molar-refractivity contribution in [1.29, 1.82) is 0 Å². The molecule has 0 aromatic rings. The number of aldehydes is 1. The third-order valence-electron chi connectivity index (χ3n) is 22.3. The fourth-order valence-electron chi connectivity index (χ4n) is 16.9. The van der Waals surface area contributed by atoms with Crippen molar-refractivity contribution in [2.24, 2.45) is 91.2 Å². The van der Waals surface area contributed by atoms with Crippen molar-refractivity contribution in [3.63, 3.8) is 0 Å². The molecule has 68 heavy (non-hydrogen) atoms. The maximum atomic E-state index is 14.1. The van der Waals surface area contributed by atoms with Crippen molar-refractivity contribution in [1.82, 2.24) is 0 Å². The first kappa shape index (κ1) is 52.5. The highest BCUT2D eigenvalue weighted by molar-refractivity contribution is 5.81. The summed E-state index contributed by atoms with van der Waals surface area (Å²) in [6.07, 6.45) is 9.52. The predicted molar refractivity (Wildman–Crippen MR) is 261 cm³/mol. The fraction of sp³-hybridized carbons (Fsp3) is 0.912. The molecular formula is C57H91NO10. The number of ether oxygens (including phenoxy) is 7. The summed E-state index contributed by atoms with van der Waals surface area (Å²) in [6, 6.07) is 0. The zero-order chi connectivity index (χ0) is 49.7. The third kappa shape index (κ3) is 8.16. The average molecular weight is 950 g/mol. The van der Waals surface area contributed by atoms with Crippen LogP contribution in [0.2, 0.25) is 0 Å². The van der Waals surface area contributed by atoms with Gasteiger partial charge in [0.2, 0.25) is 6.08 Å². The number of isocyanates is 1. The molecule has 0 spiro atoms. The summed E-state index contributed by atoms with van der Waals surface area (Å²) in [4.78, 5) is 44.7. The van der Waals surface area contributed by atoms with Gasteiger partial charge in [0, 0.05) is 30.8 Å². The van der Waals surface area contributed by atoms with E-state index in [2.05, 4.69) is 96.1 Å². The van der Waals surface area contributed by atoms with Gasteiger partial charge >= 0.3 is 0 Å². The standard InChI is InChI=1S/C57H91NO10/c1-17-41-34(5)33(4)36(7)50(64-41)68-48-47(67-49-35(6)32(3)31(2)28-63-49)37(8)46(38(9)61)66-51(48)65-44-21-22-53(12)42(54(44,13)29-59)20-23-55(14)43(53)19-18-39-40-26-52(10,11)24-25-57(40,58-30-60)45(62-16)27-56(39,55)15/h18,29,31-37,40-51H,17,19-28H2,1-16H3/t31-,32+,33+,34-,35?,36?,37-,40?,41?,42-,43?,44+,45?,46?,47+,48?,49+,50+,51-,53?,54-,55+,56-,57-/m1/s1. The zero-order valence-corrected chi connectivity index (χ0v) is 44.9. The molecule has 0 bridgehead atoms. The minimum Gasteiger partial charge on any atom is -0.379 e. The van der Waals surface area contributed by atoms with Crippen LogP contribution >= 0.6 is 0 Å². The lowest BCUT2D eigenvalue weighted by atomic mass is 9.34. The maximum absolute atomic E-state index is 14.1. The fourth-order valence-corrected chi connectivity index (χ4v) is 16.9. The summed E-state index contributed by atoms with van der Waals surface area (Å²) >= 11 is 0. The van der Waals surface area contributed by atoms with E-state index in [1.807, 2.05) is 13.0 Å². The number of carbonyl (C=O) groups excluding carboxylic acids is 3. The molecule has 3 saturated heterocycles. The molecule has 11 nitrogen and oxygen atoms in total. The van der Waals surface area contributed by atoms with Crippen molar-refractivity contribution >= 4 is 18.1 Å². The number of hydrogen-bond donors (Lipinski definition) is 0. The lowest BCUT2D eigenvalue weighted by molar-refractivity contribution is -0.374. The Labute approximate surface area is 410 Å². The number of Topliss-reactive ketones (excluding diaryl/α,β-unsaturated/α-hetero) is 1. The summed E-state index contributed by atoms with van der Waals surface area (Å²) in [7, 11) is 1.80. The smallest absolute Gasteiger partial charge is 0.235 e. The van der Waals surface area contributed by atoms with E-state index in [-0.39, 0.29) is 69.2 Å². The van der Waals surface area contributed by atoms with E-state index in [0.717, 1.165) is 57.8 Å². The molecule has 0 radical (unpaired) electrons. The lowest BCUT2D eigenvalue weighted by Gasteiger charge is -2.71. The number of carbonyl (C=O) groups is 2. The van der Waals surface area contributed by atoms with E-state index in [0.29, 0.717) is 42.6 Å². The first-order chi connectivity index (χ1) is 31.9. The Morgan fingerprint density at radius 2 is 1.47 bits per heavy atom. The van der Waals surface area contributed by atoms with Crippen LogP contribution < -0.4 is 0 Å². The van der Waals surface area contributed by atoms with Crippen LogP contribution in [0.3, 0.4) is 0 Å². The Morgan fingerprint density at radius 1 is 0.779 bits per heavy atom. The normalized spacial score (nSPS) is 53.3. The predicted octanol–water partition coefficient (Wildman–Crippen LogP) is 11.1. The van der Waals surface area contributed by atoms with Crippen LogP contribution in [0.25, 0.3) is 0 Å². The zero-order valence-electron chi connectivity index (χ0n) is 44.9. The van der Waals surface area contributed by atoms with Crippen molar-refractivity contribution in [3.8, 4) is 0 Å². The molecule has 0 aromatic heterocycles. The monoisotopic (exact) mass is 950 g/mol. The SMILES string of the molecule is CCC1O[C@@H](OC2[C@H](O[C@H]3CCC4(C)C5CC=C6C7CC(C)(C)CC[C@]7(N=C=O)C(OC)C[C@@]6(C)[C@@]5(C)CC[C@H]4[C@@]3(C)C=O)OC(C(C)=O)[C@@H](C)[C@@H]2O[C@@H]2OC[C@@H](C)[C@H](C)C2C)C(C)[C@@H](C)[C@H]1C. The number of fused-ring (bicyclic) bond motifs is 7. The first-order valence-corrected chi connectivity index (χ1v) is 27.1. The highest BCUT2D eigenvalue weighted by Crippen LogP contribution is 2.75. The van der Waals surface area contributed by atoms with E-state index in [1.165, 1.54) is 11.9 Å². The number of hydrogen-bond acceptors (Lipinski definition) is 11. The summed E-state index contributed by atoms with van der Waals surface area (Å²) in [5.41, 5.74) is -0.353. The number of nitrogens with zero attached hydrogens (tertiary/aromatic N) is 1. The van der Waals surface area contributed by atoms with Crippen molar-refractivity contribution in [2.45, 2.75) is 229 Å². The van der Waals surface area contributed by atoms with Crippen molar-refractivity contribution < 1.29 is 47.5 Å². The van der Waals surface area contributed by atoms with Crippen molar-refractivity contribution in [3.05, 3.63) is 11.6 Å². The molecule has 3 heterocycles. The van der Waals surface area contributed by atoms with Crippen molar-refractivity contribution in [2.75, 3.05) is 13.7 Å². The lowest BCUT2D eigenvalue weighted by Crippen LogP contribution is -2.68. The van der Waals surface area contributed by atoms with Gasteiger partial charge in [0.15, 0.2) is 24.7 Å². The van der Waals surface area contributed by atoms with Crippen LogP contribution in [0.1, 0.15) is 168 Å². The molecule has 3 aliphatic heterocycles. The van der Waals surface area contributed by atoms with Crippen LogP contribution in [0.15, 0.2) is 16.6 Å². The van der Waals surface area contributed by atoms with Crippen LogP contribution in [0, 0.1) is 86.3 Å². The van der Waals surface area contributed by atoms with Crippen LogP contribution in [0.4, 0.5) is 0 Å². The maximum Gasteiger partial charge on any atom is 0.235 e. The molecule has 0 aromatic carbocycles. The van der Waals surface area contributed by atoms with E-state index in [4.69, 9.17) is 38.2 Å². The van der Waals surface area contributed by atoms with Crippen LogP contribution in [-0.2, 0) is 47.5 Å². The molecular weight excluding hydrogens is 859 g/mol. The van der Waals surface area contributed by atoms with Gasteiger partial charge < -0.3 is 38.0 Å². The van der Waals surface area contributed by atoms with E-state index < -0.39 is 54.2 Å². The summed E-state index contributed by atoms with van der Waals surface area (Å²) in [5, 5.41) is 0. The molecule has 7 fully saturated rings. The Balaban J connectivity index is 1.13. The Hall–Kier alpha value is -1.82. The average Bonchev–Trinajstić information content (AvgIpc) is 3.29. The molecule has 0 N–H and O–H groups in total. The van der Waals surface area contributed by atoms with E-state index >= 15 is 0 Å². The molecule has 9 unspecified atom stereocenters. The van der Waals surface area contributed by atoms with Gasteiger partial charge in [-0.3, -0.25) is 4.79 Å². The van der Waals surface area contributed by atoms with Gasteiger partial charge in [0.1, 0.15) is 24.0 Å². The van der Waals surface area contributed by atoms with Gasteiger partial charge in [0.25, 0.3) is 0 Å². The number of allylic oxidation sites excluding steroid dienone is 1. The van der Waals surface area contributed by atoms with Crippen LogP contribution in [0.5, 0.6) is 0 Å². The highest BCUT2D eigenvalue weighted by atomic mass is 16.8. The van der Waals surface area contributed by atoms with Gasteiger partial charge in [-0.2, -0.15) is 4.99 Å². The van der Waals surface area contributed by atoms with Gasteiger partial charge in [-0.15, -0.1) is 0 Å². The Kier molecular flexibility index (Phi) is 14.6. The number of ketones is 1. The largest absolute Gasteiger partial charge is 0.379 e. The second-order valence-corrected chi connectivity index (χ2v) is 26.0. The van der Waals surface area contributed by atoms with E-state index in [1.54, 1.807) is 14.0 Å².